The van der Waals surface area contributed by atoms with Crippen molar-refractivity contribution in [2.45, 2.75) is 33.2 Å². The molecule has 1 rings (SSSR count). The van der Waals surface area contributed by atoms with Gasteiger partial charge in [-0.2, -0.15) is 5.10 Å². The quantitative estimate of drug-likeness (QED) is 0.676. The molecule has 0 amide bonds. The summed E-state index contributed by atoms with van der Waals surface area (Å²) in [6.07, 6.45) is 3.54. The lowest BCUT2D eigenvalue weighted by Crippen LogP contribution is -2.24. The number of rotatable bonds is 3. The van der Waals surface area contributed by atoms with Gasteiger partial charge in [0.05, 0.1) is 0 Å². The molecule has 66 valence electrons. The molecule has 0 aliphatic carbocycles. The molecule has 0 aromatic carbocycles. The third-order valence-corrected chi connectivity index (χ3v) is 1.81. The van der Waals surface area contributed by atoms with Crippen LogP contribution in [0.2, 0.25) is 0 Å². The maximum Gasteiger partial charge on any atom is 0.269 e. The highest BCUT2D eigenvalue weighted by Crippen LogP contribution is 1.93. The van der Waals surface area contributed by atoms with Gasteiger partial charge in [0, 0.05) is 18.3 Å². The van der Waals surface area contributed by atoms with Crippen molar-refractivity contribution in [3.8, 4) is 0 Å². The van der Waals surface area contributed by atoms with Crippen molar-refractivity contribution in [1.82, 2.24) is 9.78 Å². The molecule has 0 aliphatic rings. The molecule has 0 aliphatic heterocycles. The van der Waals surface area contributed by atoms with E-state index in [1.54, 1.807) is 12.3 Å². The Balaban J connectivity index is 3.06. The number of hydrogen-bond acceptors (Lipinski definition) is 2. The van der Waals surface area contributed by atoms with Crippen molar-refractivity contribution in [2.24, 2.45) is 0 Å². The second-order valence-corrected chi connectivity index (χ2v) is 2.73. The van der Waals surface area contributed by atoms with Gasteiger partial charge in [0.25, 0.3) is 5.56 Å². The van der Waals surface area contributed by atoms with E-state index in [9.17, 15) is 4.79 Å². The van der Waals surface area contributed by atoms with Gasteiger partial charge < -0.3 is 0 Å². The van der Waals surface area contributed by atoms with Gasteiger partial charge in [-0.25, -0.2) is 4.68 Å². The fraction of sp³-hybridized carbons (Fsp3) is 0.556. The van der Waals surface area contributed by atoms with Gasteiger partial charge >= 0.3 is 0 Å². The van der Waals surface area contributed by atoms with E-state index >= 15 is 0 Å². The van der Waals surface area contributed by atoms with Crippen LogP contribution in [0.4, 0.5) is 0 Å². The van der Waals surface area contributed by atoms with E-state index in [1.807, 2.05) is 6.92 Å². The first kappa shape index (κ1) is 8.97. The smallest absolute Gasteiger partial charge is 0.268 e. The predicted molar refractivity (Wildman–Crippen MR) is 48.2 cm³/mol. The lowest BCUT2D eigenvalue weighted by atomic mass is 10.2. The van der Waals surface area contributed by atoms with Crippen LogP contribution in [0.1, 0.15) is 25.8 Å². The van der Waals surface area contributed by atoms with Crippen LogP contribution in [-0.4, -0.2) is 9.78 Å². The highest BCUT2D eigenvalue weighted by Gasteiger charge is 2.00. The first-order valence-electron chi connectivity index (χ1n) is 4.34. The summed E-state index contributed by atoms with van der Waals surface area (Å²) in [6.45, 7) is 4.64. The molecule has 1 aromatic heterocycles. The molecule has 0 fully saturated rings. The fourth-order valence-electron chi connectivity index (χ4n) is 1.18. The Morgan fingerprint density at radius 3 is 2.83 bits per heavy atom. The molecule has 12 heavy (non-hydrogen) atoms. The summed E-state index contributed by atoms with van der Waals surface area (Å²) in [5, 5.41) is 3.94. The van der Waals surface area contributed by atoms with Crippen LogP contribution in [0.25, 0.3) is 0 Å². The fourth-order valence-corrected chi connectivity index (χ4v) is 1.18. The molecular weight excluding hydrogens is 152 g/mol. The third kappa shape index (κ3) is 1.72. The summed E-state index contributed by atoms with van der Waals surface area (Å²) >= 11 is 0. The Hall–Kier alpha value is -1.12. The topological polar surface area (TPSA) is 34.9 Å². The first-order chi connectivity index (χ1) is 5.79. The molecule has 0 N–H and O–H groups in total. The SMILES string of the molecule is CCCc1ccnn(CC)c1=O. The van der Waals surface area contributed by atoms with Gasteiger partial charge in [-0.05, 0) is 19.4 Å². The monoisotopic (exact) mass is 166 g/mol. The van der Waals surface area contributed by atoms with Crippen molar-refractivity contribution in [2.75, 3.05) is 0 Å². The number of aromatic nitrogens is 2. The lowest BCUT2D eigenvalue weighted by molar-refractivity contribution is 0.605. The molecule has 0 atom stereocenters. The Bertz CT molecular complexity index is 304. The molecule has 3 nitrogen and oxygen atoms in total. The summed E-state index contributed by atoms with van der Waals surface area (Å²) in [5.41, 5.74) is 0.927. The van der Waals surface area contributed by atoms with E-state index in [4.69, 9.17) is 0 Å². The standard InChI is InChI=1S/C9H14N2O/c1-3-5-8-6-7-10-11(4-2)9(8)12/h6-7H,3-5H2,1-2H3. The minimum atomic E-state index is 0.0573. The van der Waals surface area contributed by atoms with Crippen molar-refractivity contribution in [3.05, 3.63) is 28.2 Å². The van der Waals surface area contributed by atoms with Gasteiger partial charge in [-0.3, -0.25) is 4.79 Å². The summed E-state index contributed by atoms with van der Waals surface area (Å²) < 4.78 is 1.49. The van der Waals surface area contributed by atoms with Crippen LogP contribution < -0.4 is 5.56 Å². The van der Waals surface area contributed by atoms with Crippen molar-refractivity contribution in [1.29, 1.82) is 0 Å². The third-order valence-electron chi connectivity index (χ3n) is 1.81. The highest BCUT2D eigenvalue weighted by atomic mass is 16.1. The zero-order valence-electron chi connectivity index (χ0n) is 7.58. The van der Waals surface area contributed by atoms with Crippen LogP contribution in [0.5, 0.6) is 0 Å². The molecule has 0 saturated carbocycles. The maximum atomic E-state index is 11.5. The minimum absolute atomic E-state index is 0.0573. The Morgan fingerprint density at radius 1 is 1.50 bits per heavy atom. The van der Waals surface area contributed by atoms with Crippen LogP contribution in [-0.2, 0) is 13.0 Å². The Labute approximate surface area is 72.0 Å². The summed E-state index contributed by atoms with van der Waals surface area (Å²) in [4.78, 5) is 11.5. The molecule has 3 heteroatoms. The van der Waals surface area contributed by atoms with E-state index in [0.29, 0.717) is 6.54 Å². The van der Waals surface area contributed by atoms with E-state index in [0.717, 1.165) is 18.4 Å². The Morgan fingerprint density at radius 2 is 2.25 bits per heavy atom. The Kier molecular flexibility index (Phi) is 3.02. The predicted octanol–water partition coefficient (Wildman–Crippen LogP) is 1.22. The van der Waals surface area contributed by atoms with Crippen LogP contribution >= 0.6 is 0 Å². The van der Waals surface area contributed by atoms with Crippen LogP contribution in [0.15, 0.2) is 17.1 Å². The summed E-state index contributed by atoms with van der Waals surface area (Å²) in [5.74, 6) is 0. The second kappa shape index (κ2) is 4.04. The summed E-state index contributed by atoms with van der Waals surface area (Å²) in [7, 11) is 0. The zero-order valence-corrected chi connectivity index (χ0v) is 7.58. The van der Waals surface area contributed by atoms with Crippen LogP contribution in [0, 0.1) is 0 Å². The van der Waals surface area contributed by atoms with E-state index < -0.39 is 0 Å². The van der Waals surface area contributed by atoms with E-state index in [-0.39, 0.29) is 5.56 Å². The number of hydrogen-bond donors (Lipinski definition) is 0. The molecular formula is C9H14N2O. The number of nitrogens with zero attached hydrogens (tertiary/aromatic N) is 2. The average molecular weight is 166 g/mol. The highest BCUT2D eigenvalue weighted by molar-refractivity contribution is 5.06. The largest absolute Gasteiger partial charge is 0.269 e. The molecule has 0 saturated heterocycles. The van der Waals surface area contributed by atoms with Gasteiger partial charge in [0.2, 0.25) is 0 Å². The molecule has 0 radical (unpaired) electrons. The van der Waals surface area contributed by atoms with Gasteiger partial charge in [0.1, 0.15) is 0 Å². The van der Waals surface area contributed by atoms with E-state index in [1.165, 1.54) is 4.68 Å². The molecule has 0 unspecified atom stereocenters. The van der Waals surface area contributed by atoms with Gasteiger partial charge in [0.15, 0.2) is 0 Å². The number of aryl methyl sites for hydroxylation is 2. The molecule has 0 spiro atoms. The van der Waals surface area contributed by atoms with Crippen molar-refractivity contribution < 1.29 is 0 Å². The normalized spacial score (nSPS) is 10.2. The van der Waals surface area contributed by atoms with Crippen molar-refractivity contribution >= 4 is 0 Å². The van der Waals surface area contributed by atoms with Crippen molar-refractivity contribution in [3.63, 3.8) is 0 Å². The maximum absolute atomic E-state index is 11.5. The second-order valence-electron chi connectivity index (χ2n) is 2.73. The minimum Gasteiger partial charge on any atom is -0.268 e. The van der Waals surface area contributed by atoms with E-state index in [2.05, 4.69) is 12.0 Å². The zero-order chi connectivity index (χ0) is 8.97. The summed E-state index contributed by atoms with van der Waals surface area (Å²) in [6, 6.07) is 1.80. The molecule has 0 bridgehead atoms. The molecule has 1 aromatic rings. The lowest BCUT2D eigenvalue weighted by Gasteiger charge is -2.01. The van der Waals surface area contributed by atoms with Crippen LogP contribution in [0.3, 0.4) is 0 Å². The van der Waals surface area contributed by atoms with Gasteiger partial charge in [-0.1, -0.05) is 13.3 Å². The average Bonchev–Trinajstić information content (AvgIpc) is 2.09. The molecule has 1 heterocycles. The first-order valence-corrected chi connectivity index (χ1v) is 4.34. The van der Waals surface area contributed by atoms with Gasteiger partial charge in [-0.15, -0.1) is 0 Å².